The fourth-order valence-corrected chi connectivity index (χ4v) is 1.11. The molecule has 106 valence electrons. The molecule has 0 bridgehead atoms. The standard InChI is InChI=1S/C11H24O4.C2H6/c1-4-6-11(12-3)15-10-9-14-8-7-13-5-2;1-2/h11H,4-10H2,1-3H3;1-2H3. The third kappa shape index (κ3) is 15.8. The lowest BCUT2D eigenvalue weighted by atomic mass is 10.3. The van der Waals surface area contributed by atoms with Crippen molar-refractivity contribution >= 4 is 0 Å². The van der Waals surface area contributed by atoms with Crippen LogP contribution >= 0.6 is 0 Å². The first-order valence-electron chi connectivity index (χ1n) is 6.65. The summed E-state index contributed by atoms with van der Waals surface area (Å²) in [5, 5.41) is 0. The molecule has 0 aromatic heterocycles. The summed E-state index contributed by atoms with van der Waals surface area (Å²) < 4.78 is 21.0. The average molecular weight is 250 g/mol. The van der Waals surface area contributed by atoms with Gasteiger partial charge >= 0.3 is 0 Å². The summed E-state index contributed by atoms with van der Waals surface area (Å²) in [7, 11) is 1.66. The van der Waals surface area contributed by atoms with Gasteiger partial charge in [-0.2, -0.15) is 0 Å². The Balaban J connectivity index is 0. The molecule has 0 saturated heterocycles. The second-order valence-corrected chi connectivity index (χ2v) is 3.13. The first-order valence-corrected chi connectivity index (χ1v) is 6.65. The zero-order valence-corrected chi connectivity index (χ0v) is 12.2. The van der Waals surface area contributed by atoms with E-state index in [0.717, 1.165) is 19.4 Å². The first-order chi connectivity index (χ1) is 8.35. The average Bonchev–Trinajstić information content (AvgIpc) is 2.38. The highest BCUT2D eigenvalue weighted by atomic mass is 16.7. The Morgan fingerprint density at radius 2 is 1.47 bits per heavy atom. The van der Waals surface area contributed by atoms with E-state index in [9.17, 15) is 0 Å². The molecule has 1 atom stereocenters. The van der Waals surface area contributed by atoms with Gasteiger partial charge in [-0.1, -0.05) is 27.2 Å². The molecular weight excluding hydrogens is 220 g/mol. The van der Waals surface area contributed by atoms with Crippen LogP contribution in [0.2, 0.25) is 0 Å². The molecule has 0 N–H and O–H groups in total. The summed E-state index contributed by atoms with van der Waals surface area (Å²) in [4.78, 5) is 0. The monoisotopic (exact) mass is 250 g/mol. The van der Waals surface area contributed by atoms with Gasteiger partial charge in [0.25, 0.3) is 0 Å². The van der Waals surface area contributed by atoms with Gasteiger partial charge in [0.05, 0.1) is 26.4 Å². The van der Waals surface area contributed by atoms with Gasteiger partial charge in [0.15, 0.2) is 6.29 Å². The van der Waals surface area contributed by atoms with Crippen LogP contribution in [0.4, 0.5) is 0 Å². The normalized spacial score (nSPS) is 11.8. The van der Waals surface area contributed by atoms with Crippen LogP contribution in [0.5, 0.6) is 0 Å². The molecule has 0 aliphatic rings. The van der Waals surface area contributed by atoms with Crippen molar-refractivity contribution in [1.82, 2.24) is 0 Å². The first kappa shape index (κ1) is 19.2. The van der Waals surface area contributed by atoms with Gasteiger partial charge in [0.2, 0.25) is 0 Å². The van der Waals surface area contributed by atoms with Gasteiger partial charge in [0, 0.05) is 13.7 Å². The molecule has 0 amide bonds. The van der Waals surface area contributed by atoms with E-state index in [1.807, 2.05) is 20.8 Å². The van der Waals surface area contributed by atoms with Crippen molar-refractivity contribution < 1.29 is 18.9 Å². The van der Waals surface area contributed by atoms with Gasteiger partial charge in [-0.05, 0) is 13.3 Å². The summed E-state index contributed by atoms with van der Waals surface area (Å²) >= 11 is 0. The highest BCUT2D eigenvalue weighted by Crippen LogP contribution is 2.01. The molecule has 0 spiro atoms. The molecule has 0 rings (SSSR count). The number of hydrogen-bond donors (Lipinski definition) is 0. The number of methoxy groups -OCH3 is 1. The maximum absolute atomic E-state index is 5.45. The van der Waals surface area contributed by atoms with E-state index in [-0.39, 0.29) is 6.29 Å². The predicted molar refractivity (Wildman–Crippen MR) is 70.3 cm³/mol. The Labute approximate surface area is 107 Å². The summed E-state index contributed by atoms with van der Waals surface area (Å²) in [5.41, 5.74) is 0. The van der Waals surface area contributed by atoms with Gasteiger partial charge in [-0.3, -0.25) is 0 Å². The van der Waals surface area contributed by atoms with Crippen LogP contribution < -0.4 is 0 Å². The van der Waals surface area contributed by atoms with E-state index in [2.05, 4.69) is 6.92 Å². The number of ether oxygens (including phenoxy) is 4. The zero-order chi connectivity index (χ0) is 13.4. The molecule has 17 heavy (non-hydrogen) atoms. The quantitative estimate of drug-likeness (QED) is 0.417. The van der Waals surface area contributed by atoms with Crippen LogP contribution in [0.15, 0.2) is 0 Å². The second kappa shape index (κ2) is 18.2. The van der Waals surface area contributed by atoms with Crippen LogP contribution in [-0.2, 0) is 18.9 Å². The minimum Gasteiger partial charge on any atom is -0.379 e. The summed E-state index contributed by atoms with van der Waals surface area (Å²) in [5.74, 6) is 0. The summed E-state index contributed by atoms with van der Waals surface area (Å²) in [6, 6.07) is 0. The Kier molecular flexibility index (Phi) is 20.6. The molecule has 0 aliphatic heterocycles. The third-order valence-corrected chi connectivity index (χ3v) is 1.89. The van der Waals surface area contributed by atoms with E-state index < -0.39 is 0 Å². The molecule has 4 heteroatoms. The van der Waals surface area contributed by atoms with Gasteiger partial charge in [-0.25, -0.2) is 0 Å². The topological polar surface area (TPSA) is 36.9 Å². The summed E-state index contributed by atoms with van der Waals surface area (Å²) in [6.45, 7) is 11.3. The fourth-order valence-electron chi connectivity index (χ4n) is 1.11. The molecule has 0 aliphatic carbocycles. The van der Waals surface area contributed by atoms with Crippen LogP contribution in [-0.4, -0.2) is 46.4 Å². The highest BCUT2D eigenvalue weighted by molar-refractivity contribution is 4.42. The Bertz CT molecular complexity index is 120. The lowest BCUT2D eigenvalue weighted by Gasteiger charge is -2.15. The molecular formula is C13H30O4. The molecule has 0 aromatic rings. The Hall–Kier alpha value is -0.160. The lowest BCUT2D eigenvalue weighted by molar-refractivity contribution is -0.138. The Morgan fingerprint density at radius 3 is 2.00 bits per heavy atom. The highest BCUT2D eigenvalue weighted by Gasteiger charge is 2.04. The molecule has 0 heterocycles. The van der Waals surface area contributed by atoms with Gasteiger partial charge in [-0.15, -0.1) is 0 Å². The molecule has 0 aromatic carbocycles. The van der Waals surface area contributed by atoms with Crippen molar-refractivity contribution in [2.45, 2.75) is 46.8 Å². The van der Waals surface area contributed by atoms with Crippen LogP contribution in [0.1, 0.15) is 40.5 Å². The van der Waals surface area contributed by atoms with Crippen molar-refractivity contribution in [3.63, 3.8) is 0 Å². The van der Waals surface area contributed by atoms with E-state index in [4.69, 9.17) is 18.9 Å². The number of hydrogen-bond acceptors (Lipinski definition) is 4. The van der Waals surface area contributed by atoms with Crippen molar-refractivity contribution in [3.8, 4) is 0 Å². The van der Waals surface area contributed by atoms with Crippen LogP contribution in [0.25, 0.3) is 0 Å². The van der Waals surface area contributed by atoms with Crippen LogP contribution in [0.3, 0.4) is 0 Å². The molecule has 4 nitrogen and oxygen atoms in total. The second-order valence-electron chi connectivity index (χ2n) is 3.13. The largest absolute Gasteiger partial charge is 0.379 e. The van der Waals surface area contributed by atoms with E-state index in [1.54, 1.807) is 7.11 Å². The Morgan fingerprint density at radius 1 is 0.882 bits per heavy atom. The lowest BCUT2D eigenvalue weighted by Crippen LogP contribution is -2.18. The zero-order valence-electron chi connectivity index (χ0n) is 12.2. The number of rotatable bonds is 11. The van der Waals surface area contributed by atoms with E-state index >= 15 is 0 Å². The molecule has 1 unspecified atom stereocenters. The predicted octanol–water partition coefficient (Wildman–Crippen LogP) is 2.85. The molecule has 0 saturated carbocycles. The maximum atomic E-state index is 5.45. The minimum absolute atomic E-state index is 0.0921. The van der Waals surface area contributed by atoms with E-state index in [0.29, 0.717) is 26.4 Å². The van der Waals surface area contributed by atoms with Gasteiger partial charge < -0.3 is 18.9 Å². The van der Waals surface area contributed by atoms with Crippen molar-refractivity contribution in [3.05, 3.63) is 0 Å². The summed E-state index contributed by atoms with van der Waals surface area (Å²) in [6.07, 6.45) is 1.89. The molecule has 0 radical (unpaired) electrons. The third-order valence-electron chi connectivity index (χ3n) is 1.89. The van der Waals surface area contributed by atoms with Crippen molar-refractivity contribution in [2.24, 2.45) is 0 Å². The fraction of sp³-hybridized carbons (Fsp3) is 1.00. The maximum Gasteiger partial charge on any atom is 0.157 e. The SMILES string of the molecule is CC.CCCC(OC)OCCOCCOCC. The minimum atomic E-state index is -0.0921. The smallest absolute Gasteiger partial charge is 0.157 e. The van der Waals surface area contributed by atoms with E-state index in [1.165, 1.54) is 0 Å². The van der Waals surface area contributed by atoms with Gasteiger partial charge in [0.1, 0.15) is 0 Å². The van der Waals surface area contributed by atoms with Crippen molar-refractivity contribution in [2.75, 3.05) is 40.1 Å². The van der Waals surface area contributed by atoms with Crippen molar-refractivity contribution in [1.29, 1.82) is 0 Å². The van der Waals surface area contributed by atoms with Crippen LogP contribution in [0, 0.1) is 0 Å². The molecule has 0 fully saturated rings.